The van der Waals surface area contributed by atoms with E-state index in [1.807, 2.05) is 0 Å². The van der Waals surface area contributed by atoms with E-state index in [9.17, 15) is 24.0 Å². The Bertz CT molecular complexity index is 1140. The molecular weight excluding hydrogens is 434 g/mol. The van der Waals surface area contributed by atoms with Gasteiger partial charge in [0.1, 0.15) is 16.9 Å². The van der Waals surface area contributed by atoms with E-state index >= 15 is 0 Å². The zero-order valence-electron chi connectivity index (χ0n) is 18.3. The van der Waals surface area contributed by atoms with Crippen LogP contribution in [-0.4, -0.2) is 49.9 Å². The van der Waals surface area contributed by atoms with Crippen LogP contribution in [0.4, 0.5) is 11.6 Å². The summed E-state index contributed by atoms with van der Waals surface area (Å²) in [6.45, 7) is 3.07. The van der Waals surface area contributed by atoms with Crippen molar-refractivity contribution >= 4 is 41.2 Å². The summed E-state index contributed by atoms with van der Waals surface area (Å²) in [5.41, 5.74) is 5.43. The number of primary amides is 1. The third-order valence-electron chi connectivity index (χ3n) is 5.14. The van der Waals surface area contributed by atoms with Crippen LogP contribution in [0.1, 0.15) is 50.2 Å². The maximum absolute atomic E-state index is 12.9. The summed E-state index contributed by atoms with van der Waals surface area (Å²) >= 11 is 0. The Morgan fingerprint density at radius 3 is 2.52 bits per heavy atom. The van der Waals surface area contributed by atoms with E-state index < -0.39 is 29.7 Å². The maximum Gasteiger partial charge on any atom is 0.342 e. The summed E-state index contributed by atoms with van der Waals surface area (Å²) in [7, 11) is 1.23. The molecule has 1 unspecified atom stereocenters. The number of hydrogen-bond acceptors (Lipinski definition) is 8. The zero-order valence-corrected chi connectivity index (χ0v) is 18.3. The standard InChI is InChI=1S/C22H23N3O8/c1-4-32-22(30)16-11(2)33-20(17(16)18(23)27)24-19(28)12-9-15(26)25(10-12)14-8-6-5-7-13(14)21(29)31-3/h5-8,12H,4,9-10H2,1-3H3,(H2,23,27)(H,24,28). The number of hydrogen-bond donors (Lipinski definition) is 2. The van der Waals surface area contributed by atoms with Crippen molar-refractivity contribution in [1.29, 1.82) is 0 Å². The SMILES string of the molecule is CCOC(=O)c1c(C)oc(NC(=O)C2CC(=O)N(c3ccccc3C(=O)OC)C2)c1C(N)=O. The number of benzene rings is 1. The number of rotatable bonds is 7. The lowest BCUT2D eigenvalue weighted by atomic mass is 10.1. The Hall–Kier alpha value is -4.15. The highest BCUT2D eigenvalue weighted by Gasteiger charge is 2.38. The Balaban J connectivity index is 1.84. The van der Waals surface area contributed by atoms with E-state index in [2.05, 4.69) is 5.32 Å². The van der Waals surface area contributed by atoms with Crippen LogP contribution in [0.3, 0.4) is 0 Å². The normalized spacial score (nSPS) is 15.3. The number of nitrogens with zero attached hydrogens (tertiary/aromatic N) is 1. The molecule has 0 bridgehead atoms. The van der Waals surface area contributed by atoms with Crippen molar-refractivity contribution in [3.63, 3.8) is 0 Å². The van der Waals surface area contributed by atoms with Crippen molar-refractivity contribution in [1.82, 2.24) is 0 Å². The average molecular weight is 457 g/mol. The molecule has 1 fully saturated rings. The highest BCUT2D eigenvalue weighted by atomic mass is 16.5. The van der Waals surface area contributed by atoms with Gasteiger partial charge in [-0.05, 0) is 26.0 Å². The number of furan rings is 1. The second-order valence-corrected chi connectivity index (χ2v) is 7.23. The van der Waals surface area contributed by atoms with Gasteiger partial charge in [-0.15, -0.1) is 0 Å². The van der Waals surface area contributed by atoms with E-state index in [-0.39, 0.29) is 53.8 Å². The molecule has 0 spiro atoms. The molecule has 3 amide bonds. The predicted molar refractivity (Wildman–Crippen MR) is 115 cm³/mol. The summed E-state index contributed by atoms with van der Waals surface area (Å²) < 4.78 is 15.1. The van der Waals surface area contributed by atoms with E-state index in [1.165, 1.54) is 25.0 Å². The highest BCUT2D eigenvalue weighted by Crippen LogP contribution is 2.31. The molecule has 2 heterocycles. The lowest BCUT2D eigenvalue weighted by Gasteiger charge is -2.19. The van der Waals surface area contributed by atoms with Crippen molar-refractivity contribution in [2.75, 3.05) is 30.5 Å². The predicted octanol–water partition coefficient (Wildman–Crippen LogP) is 1.64. The molecule has 1 aromatic carbocycles. The molecule has 33 heavy (non-hydrogen) atoms. The number of esters is 2. The van der Waals surface area contributed by atoms with Crippen LogP contribution >= 0.6 is 0 Å². The number of amides is 3. The first-order valence-electron chi connectivity index (χ1n) is 10.1. The topological polar surface area (TPSA) is 158 Å². The van der Waals surface area contributed by atoms with Crippen LogP contribution in [0.15, 0.2) is 28.7 Å². The molecule has 1 aliphatic heterocycles. The van der Waals surface area contributed by atoms with E-state index in [4.69, 9.17) is 19.6 Å². The first kappa shape index (κ1) is 23.5. The van der Waals surface area contributed by atoms with Crippen molar-refractivity contribution in [3.8, 4) is 0 Å². The molecular formula is C22H23N3O8. The molecule has 2 aromatic rings. The molecule has 11 heteroatoms. The first-order chi connectivity index (χ1) is 15.7. The lowest BCUT2D eigenvalue weighted by molar-refractivity contribution is -0.122. The van der Waals surface area contributed by atoms with Gasteiger partial charge in [-0.2, -0.15) is 0 Å². The number of aryl methyl sites for hydroxylation is 1. The molecule has 1 aliphatic rings. The minimum atomic E-state index is -0.985. The third-order valence-corrected chi connectivity index (χ3v) is 5.14. The minimum absolute atomic E-state index is 0.0188. The molecule has 0 aliphatic carbocycles. The highest BCUT2D eigenvalue weighted by molar-refractivity contribution is 6.12. The third kappa shape index (κ3) is 4.56. The first-order valence-corrected chi connectivity index (χ1v) is 10.1. The van der Waals surface area contributed by atoms with Gasteiger partial charge >= 0.3 is 11.9 Å². The average Bonchev–Trinajstić information content (AvgIpc) is 3.33. The summed E-state index contributed by atoms with van der Waals surface area (Å²) in [5.74, 6) is -4.47. The van der Waals surface area contributed by atoms with Crippen molar-refractivity contribution < 1.29 is 37.9 Å². The number of ether oxygens (including phenoxy) is 2. The molecule has 11 nitrogen and oxygen atoms in total. The molecule has 0 saturated carbocycles. The van der Waals surface area contributed by atoms with Crippen molar-refractivity contribution in [3.05, 3.63) is 46.7 Å². The lowest BCUT2D eigenvalue weighted by Crippen LogP contribution is -2.29. The maximum atomic E-state index is 12.9. The van der Waals surface area contributed by atoms with Crippen LogP contribution in [0, 0.1) is 12.8 Å². The van der Waals surface area contributed by atoms with E-state index in [0.717, 1.165) is 0 Å². The number of carbonyl (C=O) groups excluding carboxylic acids is 5. The Morgan fingerprint density at radius 2 is 1.88 bits per heavy atom. The largest absolute Gasteiger partial charge is 0.465 e. The van der Waals surface area contributed by atoms with E-state index in [1.54, 1.807) is 25.1 Å². The van der Waals surface area contributed by atoms with Crippen molar-refractivity contribution in [2.45, 2.75) is 20.3 Å². The van der Waals surface area contributed by atoms with Crippen molar-refractivity contribution in [2.24, 2.45) is 11.7 Å². The smallest absolute Gasteiger partial charge is 0.342 e. The fourth-order valence-electron chi connectivity index (χ4n) is 3.64. The van der Waals surface area contributed by atoms with Crippen LogP contribution in [-0.2, 0) is 19.1 Å². The summed E-state index contributed by atoms with van der Waals surface area (Å²) in [4.78, 5) is 63.1. The summed E-state index contributed by atoms with van der Waals surface area (Å²) in [6.07, 6.45) is -0.141. The quantitative estimate of drug-likeness (QED) is 0.594. The van der Waals surface area contributed by atoms with Gasteiger partial charge in [0.15, 0.2) is 0 Å². The number of nitrogens with two attached hydrogens (primary N) is 1. The van der Waals surface area contributed by atoms with Gasteiger partial charge in [0.25, 0.3) is 5.91 Å². The minimum Gasteiger partial charge on any atom is -0.465 e. The van der Waals surface area contributed by atoms with Gasteiger partial charge in [-0.1, -0.05) is 12.1 Å². The van der Waals surface area contributed by atoms with Crippen LogP contribution in [0.25, 0.3) is 0 Å². The fraction of sp³-hybridized carbons (Fsp3) is 0.318. The van der Waals surface area contributed by atoms with Gasteiger partial charge in [0, 0.05) is 13.0 Å². The zero-order chi connectivity index (χ0) is 24.3. The van der Waals surface area contributed by atoms with Gasteiger partial charge < -0.3 is 24.5 Å². The molecule has 3 N–H and O–H groups in total. The van der Waals surface area contributed by atoms with Crippen LogP contribution in [0.5, 0.6) is 0 Å². The monoisotopic (exact) mass is 457 g/mol. The Morgan fingerprint density at radius 1 is 1.18 bits per heavy atom. The molecule has 1 atom stereocenters. The number of anilines is 2. The van der Waals surface area contributed by atoms with Crippen LogP contribution < -0.4 is 16.0 Å². The van der Waals surface area contributed by atoms with Gasteiger partial charge in [0.2, 0.25) is 17.7 Å². The summed E-state index contributed by atoms with van der Waals surface area (Å²) in [5, 5.41) is 2.45. The van der Waals surface area contributed by atoms with Gasteiger partial charge in [-0.3, -0.25) is 19.7 Å². The van der Waals surface area contributed by atoms with Gasteiger partial charge in [0.05, 0.1) is 30.9 Å². The fourth-order valence-corrected chi connectivity index (χ4v) is 3.64. The molecule has 174 valence electrons. The molecule has 1 aromatic heterocycles. The van der Waals surface area contributed by atoms with Crippen LogP contribution in [0.2, 0.25) is 0 Å². The molecule has 3 rings (SSSR count). The summed E-state index contributed by atoms with van der Waals surface area (Å²) in [6, 6.07) is 6.39. The second kappa shape index (κ2) is 9.55. The second-order valence-electron chi connectivity index (χ2n) is 7.23. The number of methoxy groups -OCH3 is 1. The number of carbonyl (C=O) groups is 5. The molecule has 0 radical (unpaired) electrons. The molecule has 1 saturated heterocycles. The van der Waals surface area contributed by atoms with E-state index in [0.29, 0.717) is 5.69 Å². The number of nitrogens with one attached hydrogen (secondary N) is 1. The van der Waals surface area contributed by atoms with Gasteiger partial charge in [-0.25, -0.2) is 9.59 Å². The number of para-hydroxylation sites is 1. The Labute approximate surface area is 188 Å². The Kier molecular flexibility index (Phi) is 6.80.